The molecule has 5 aromatic rings. The Morgan fingerprint density at radius 2 is 1.25 bits per heavy atom. The van der Waals surface area contributed by atoms with Gasteiger partial charge in [0.2, 0.25) is 0 Å². The fourth-order valence-corrected chi connectivity index (χ4v) is 5.77. The van der Waals surface area contributed by atoms with Crippen LogP contribution < -0.4 is 14.8 Å². The molecule has 0 unspecified atom stereocenters. The molecule has 1 aliphatic heterocycles. The van der Waals surface area contributed by atoms with Gasteiger partial charge in [-0.2, -0.15) is 13.2 Å². The molecule has 52 heavy (non-hydrogen) atoms. The minimum absolute atomic E-state index is 0.169. The molecule has 1 heterocycles. The van der Waals surface area contributed by atoms with Gasteiger partial charge in [-0.3, -0.25) is 4.79 Å². The zero-order chi connectivity index (χ0) is 37.4. The third-order valence-corrected chi connectivity index (χ3v) is 8.75. The highest BCUT2D eigenvalue weighted by molar-refractivity contribution is 6.15. The lowest BCUT2D eigenvalue weighted by Crippen LogP contribution is -2.41. The smallest absolute Gasteiger partial charge is 0.402 e. The van der Waals surface area contributed by atoms with E-state index in [1.165, 1.54) is 12.1 Å². The van der Waals surface area contributed by atoms with E-state index in [2.05, 4.69) is 23.9 Å². The van der Waals surface area contributed by atoms with E-state index >= 15 is 0 Å². The van der Waals surface area contributed by atoms with Gasteiger partial charge in [0.15, 0.2) is 0 Å². The molecule has 264 valence electrons. The quantitative estimate of drug-likeness (QED) is 0.108. The van der Waals surface area contributed by atoms with E-state index in [4.69, 9.17) is 9.47 Å². The van der Waals surface area contributed by atoms with Gasteiger partial charge in [0, 0.05) is 17.8 Å². The van der Waals surface area contributed by atoms with Crippen molar-refractivity contribution >= 4 is 29.5 Å². The first-order valence-electron chi connectivity index (χ1n) is 16.0. The third kappa shape index (κ3) is 6.95. The minimum Gasteiger partial charge on any atom is -0.478 e. The van der Waals surface area contributed by atoms with E-state index in [-0.39, 0.29) is 16.8 Å². The van der Waals surface area contributed by atoms with Crippen LogP contribution in [0.15, 0.2) is 109 Å². The average Bonchev–Trinajstić information content (AvgIpc) is 3.39. The summed E-state index contributed by atoms with van der Waals surface area (Å²) in [7, 11) is 0. The molecule has 0 saturated carbocycles. The van der Waals surface area contributed by atoms with E-state index in [9.17, 15) is 37.5 Å². The van der Waals surface area contributed by atoms with Gasteiger partial charge < -0.3 is 24.6 Å². The van der Waals surface area contributed by atoms with Crippen molar-refractivity contribution in [1.29, 1.82) is 0 Å². The van der Waals surface area contributed by atoms with Gasteiger partial charge in [-0.05, 0) is 90.2 Å². The molecule has 1 amide bonds. The van der Waals surface area contributed by atoms with Crippen LogP contribution in [-0.2, 0) is 10.2 Å². The Labute approximate surface area is 295 Å². The zero-order valence-electron chi connectivity index (χ0n) is 27.9. The second-order valence-corrected chi connectivity index (χ2v) is 12.5. The van der Waals surface area contributed by atoms with Crippen molar-refractivity contribution in [2.24, 2.45) is 0 Å². The number of hydrogen-bond acceptors (Lipinski definition) is 7. The number of fused-ring (bicyclic) bond motifs is 1. The standard InChI is InChI=1S/C40H30F3NO8/c1-22(2)23-7-4-9-27(17-23)50-29-11-6-12-30(21-29)51-28-10-5-8-26(20-28)44-35(45)33-18-24(13-15-31(33)36(46)47)39(3,40(41,42)43)25-14-16-32-34(19-25)38(49)52-37(32)48/h4-22H,1-3H3,(H,44,45)(H,46,47)/t39-/m1/s1. The fourth-order valence-electron chi connectivity index (χ4n) is 5.77. The SMILES string of the molecule is CC(C)c1cccc(Oc2cccc(Oc3cccc(NC(=O)c4cc([C@](C)(c5ccc6c(c5)C(=O)OC6=O)C(F)(F)F)ccc4C(=O)O)c3)c2)c1. The van der Waals surface area contributed by atoms with Gasteiger partial charge in [-0.15, -0.1) is 0 Å². The number of carbonyl (C=O) groups is 4. The van der Waals surface area contributed by atoms with Crippen molar-refractivity contribution in [2.75, 3.05) is 5.32 Å². The van der Waals surface area contributed by atoms with Gasteiger partial charge in [-0.1, -0.05) is 50.2 Å². The van der Waals surface area contributed by atoms with Gasteiger partial charge >= 0.3 is 24.1 Å². The number of benzene rings is 5. The predicted octanol–water partition coefficient (Wildman–Crippen LogP) is 9.52. The monoisotopic (exact) mass is 709 g/mol. The number of carbonyl (C=O) groups excluding carboxylic acids is 3. The Kier molecular flexibility index (Phi) is 9.33. The van der Waals surface area contributed by atoms with E-state index in [0.29, 0.717) is 28.9 Å². The molecule has 1 atom stereocenters. The lowest BCUT2D eigenvalue weighted by atomic mass is 9.74. The number of ether oxygens (including phenoxy) is 3. The summed E-state index contributed by atoms with van der Waals surface area (Å²) in [5.74, 6) is -2.41. The second-order valence-electron chi connectivity index (χ2n) is 12.5. The molecule has 0 aromatic heterocycles. The van der Waals surface area contributed by atoms with E-state index in [1.54, 1.807) is 36.4 Å². The van der Waals surface area contributed by atoms with Crippen LogP contribution in [-0.4, -0.2) is 35.1 Å². The fraction of sp³-hybridized carbons (Fsp3) is 0.150. The van der Waals surface area contributed by atoms with Gasteiger partial charge in [0.1, 0.15) is 28.4 Å². The number of carboxylic acids is 1. The molecule has 0 fully saturated rings. The van der Waals surface area contributed by atoms with Crippen LogP contribution in [0.1, 0.15) is 84.8 Å². The molecular weight excluding hydrogens is 679 g/mol. The number of aromatic carboxylic acids is 1. The molecule has 6 rings (SSSR count). The molecule has 0 bridgehead atoms. The number of halogens is 3. The number of alkyl halides is 3. The van der Waals surface area contributed by atoms with Crippen molar-refractivity contribution in [1.82, 2.24) is 0 Å². The summed E-state index contributed by atoms with van der Waals surface area (Å²) < 4.78 is 61.3. The Hall–Kier alpha value is -6.43. The third-order valence-electron chi connectivity index (χ3n) is 8.75. The number of hydrogen-bond donors (Lipinski definition) is 2. The molecule has 1 aliphatic rings. The molecule has 9 nitrogen and oxygen atoms in total. The second kappa shape index (κ2) is 13.7. The summed E-state index contributed by atoms with van der Waals surface area (Å²) >= 11 is 0. The van der Waals surface area contributed by atoms with Gasteiger partial charge in [-0.25, -0.2) is 14.4 Å². The largest absolute Gasteiger partial charge is 0.478 e. The number of amides is 1. The minimum atomic E-state index is -5.00. The van der Waals surface area contributed by atoms with Crippen molar-refractivity contribution in [3.05, 3.63) is 148 Å². The average molecular weight is 710 g/mol. The molecule has 0 aliphatic carbocycles. The zero-order valence-corrected chi connectivity index (χ0v) is 27.9. The van der Waals surface area contributed by atoms with Crippen LogP contribution in [0.5, 0.6) is 23.0 Å². The van der Waals surface area contributed by atoms with Crippen molar-refractivity contribution in [3.63, 3.8) is 0 Å². The first kappa shape index (κ1) is 35.4. The lowest BCUT2D eigenvalue weighted by Gasteiger charge is -2.34. The summed E-state index contributed by atoms with van der Waals surface area (Å²) in [6.07, 6.45) is -5.00. The van der Waals surface area contributed by atoms with Gasteiger partial charge in [0.05, 0.1) is 22.3 Å². The van der Waals surface area contributed by atoms with E-state index in [1.807, 2.05) is 24.3 Å². The van der Waals surface area contributed by atoms with Crippen LogP contribution in [0.4, 0.5) is 18.9 Å². The summed E-state index contributed by atoms with van der Waals surface area (Å²) in [5.41, 5.74) is -4.08. The first-order valence-corrected chi connectivity index (χ1v) is 16.0. The number of rotatable bonds is 10. The number of cyclic esters (lactones) is 2. The first-order chi connectivity index (χ1) is 24.6. The van der Waals surface area contributed by atoms with Crippen LogP contribution >= 0.6 is 0 Å². The summed E-state index contributed by atoms with van der Waals surface area (Å²) in [4.78, 5) is 49.8. The maximum absolute atomic E-state index is 14.9. The van der Waals surface area contributed by atoms with Crippen LogP contribution in [0.25, 0.3) is 0 Å². The van der Waals surface area contributed by atoms with Crippen LogP contribution in [0.2, 0.25) is 0 Å². The Morgan fingerprint density at radius 3 is 1.88 bits per heavy atom. The number of esters is 2. The number of nitrogens with one attached hydrogen (secondary N) is 1. The predicted molar refractivity (Wildman–Crippen MR) is 184 cm³/mol. The molecule has 0 spiro atoms. The molecule has 0 saturated heterocycles. The Morgan fingerprint density at radius 1 is 0.692 bits per heavy atom. The summed E-state index contributed by atoms with van der Waals surface area (Å²) in [5, 5.41) is 12.4. The van der Waals surface area contributed by atoms with Crippen LogP contribution in [0, 0.1) is 0 Å². The number of carboxylic acid groups (broad SMARTS) is 1. The summed E-state index contributed by atoms with van der Waals surface area (Å²) in [6.45, 7) is 5.00. The topological polar surface area (TPSA) is 128 Å². The normalized spacial score (nSPS) is 13.6. The highest BCUT2D eigenvalue weighted by Crippen LogP contribution is 2.47. The molecule has 2 N–H and O–H groups in total. The molecule has 0 radical (unpaired) electrons. The van der Waals surface area contributed by atoms with E-state index in [0.717, 1.165) is 48.9 Å². The van der Waals surface area contributed by atoms with Crippen molar-refractivity contribution in [2.45, 2.75) is 38.3 Å². The molecular formula is C40H30F3NO8. The van der Waals surface area contributed by atoms with E-state index < -0.39 is 57.7 Å². The van der Waals surface area contributed by atoms with Gasteiger partial charge in [0.25, 0.3) is 5.91 Å². The Bertz CT molecular complexity index is 2250. The Balaban J connectivity index is 1.26. The maximum Gasteiger partial charge on any atom is 0.402 e. The highest BCUT2D eigenvalue weighted by Gasteiger charge is 2.54. The van der Waals surface area contributed by atoms with Crippen LogP contribution in [0.3, 0.4) is 0 Å². The van der Waals surface area contributed by atoms with Crippen molar-refractivity contribution < 1.29 is 51.7 Å². The molecule has 12 heteroatoms. The summed E-state index contributed by atoms with van der Waals surface area (Å²) in [6, 6.07) is 26.5. The maximum atomic E-state index is 14.9. The number of anilines is 1. The lowest BCUT2D eigenvalue weighted by molar-refractivity contribution is -0.173. The molecule has 5 aromatic carbocycles. The van der Waals surface area contributed by atoms with Crippen molar-refractivity contribution in [3.8, 4) is 23.0 Å². The highest BCUT2D eigenvalue weighted by atomic mass is 19.4.